The summed E-state index contributed by atoms with van der Waals surface area (Å²) in [7, 11) is 0. The molecule has 0 atom stereocenters. The second kappa shape index (κ2) is 5.43. The van der Waals surface area contributed by atoms with Crippen LogP contribution in [0, 0.1) is 0 Å². The Bertz CT molecular complexity index is 485. The molecule has 3 N–H and O–H groups in total. The molecule has 2 aromatic heterocycles. The Morgan fingerprint density at radius 1 is 1.44 bits per heavy atom. The van der Waals surface area contributed by atoms with Crippen LogP contribution in [0.25, 0.3) is 10.7 Å². The predicted molar refractivity (Wildman–Crippen MR) is 65.1 cm³/mol. The van der Waals surface area contributed by atoms with Crippen molar-refractivity contribution in [2.45, 2.75) is 0 Å². The number of nitrogens with zero attached hydrogens (tertiary/aromatic N) is 3. The van der Waals surface area contributed by atoms with Gasteiger partial charge in [0.15, 0.2) is 5.84 Å². The first-order valence-electron chi connectivity index (χ1n) is 4.16. The Morgan fingerprint density at radius 3 is 2.88 bits per heavy atom. The summed E-state index contributed by atoms with van der Waals surface area (Å²) in [5.74, 6) is 0.00781. The Hall–Kier alpha value is -1.66. The monoisotopic (exact) mass is 256 g/mol. The minimum atomic E-state index is 0. The summed E-state index contributed by atoms with van der Waals surface area (Å²) < 4.78 is 0. The summed E-state index contributed by atoms with van der Waals surface area (Å²) in [6.07, 6.45) is 1.69. The van der Waals surface area contributed by atoms with E-state index >= 15 is 0 Å². The molecule has 0 radical (unpaired) electrons. The van der Waals surface area contributed by atoms with E-state index in [9.17, 15) is 0 Å². The van der Waals surface area contributed by atoms with E-state index in [0.29, 0.717) is 5.69 Å². The number of halogens is 1. The number of hydrogen-bond acceptors (Lipinski definition) is 5. The van der Waals surface area contributed by atoms with E-state index in [-0.39, 0.29) is 18.2 Å². The van der Waals surface area contributed by atoms with Crippen molar-refractivity contribution < 1.29 is 5.21 Å². The third-order valence-corrected chi connectivity index (χ3v) is 2.62. The highest BCUT2D eigenvalue weighted by Crippen LogP contribution is 2.20. The van der Waals surface area contributed by atoms with Crippen molar-refractivity contribution in [3.05, 3.63) is 35.5 Å². The van der Waals surface area contributed by atoms with E-state index in [2.05, 4.69) is 15.1 Å². The lowest BCUT2D eigenvalue weighted by atomic mass is 10.3. The first-order chi connectivity index (χ1) is 7.31. The number of thiazole rings is 1. The SMILES string of the molecule is Cl.N/C(=N\O)c1csc(-c2ccccn2)n1. The van der Waals surface area contributed by atoms with E-state index < -0.39 is 0 Å². The first-order valence-corrected chi connectivity index (χ1v) is 5.04. The minimum Gasteiger partial charge on any atom is -0.409 e. The molecule has 0 aliphatic carbocycles. The van der Waals surface area contributed by atoms with Gasteiger partial charge in [0.25, 0.3) is 0 Å². The normalized spacial score (nSPS) is 10.9. The molecule has 0 saturated carbocycles. The molecule has 7 heteroatoms. The molecule has 0 saturated heterocycles. The molecule has 0 fully saturated rings. The lowest BCUT2D eigenvalue weighted by Gasteiger charge is -1.92. The Balaban J connectivity index is 0.00000128. The van der Waals surface area contributed by atoms with Gasteiger partial charge in [-0.05, 0) is 12.1 Å². The number of hydrogen-bond donors (Lipinski definition) is 2. The highest BCUT2D eigenvalue weighted by Gasteiger charge is 2.07. The van der Waals surface area contributed by atoms with Gasteiger partial charge in [-0.3, -0.25) is 4.98 Å². The van der Waals surface area contributed by atoms with Gasteiger partial charge < -0.3 is 10.9 Å². The van der Waals surface area contributed by atoms with Crippen molar-refractivity contribution in [1.82, 2.24) is 9.97 Å². The average molecular weight is 257 g/mol. The molecule has 2 heterocycles. The number of amidine groups is 1. The average Bonchev–Trinajstić information content (AvgIpc) is 2.78. The van der Waals surface area contributed by atoms with Crippen molar-refractivity contribution >= 4 is 29.6 Å². The van der Waals surface area contributed by atoms with Crippen LogP contribution in [0.15, 0.2) is 34.9 Å². The van der Waals surface area contributed by atoms with Gasteiger partial charge in [0.2, 0.25) is 0 Å². The van der Waals surface area contributed by atoms with Gasteiger partial charge in [0.1, 0.15) is 10.7 Å². The van der Waals surface area contributed by atoms with Gasteiger partial charge in [-0.25, -0.2) is 4.98 Å². The van der Waals surface area contributed by atoms with Gasteiger partial charge in [0.05, 0.1) is 5.69 Å². The molecule has 2 rings (SSSR count). The van der Waals surface area contributed by atoms with Gasteiger partial charge in [-0.1, -0.05) is 11.2 Å². The third-order valence-electron chi connectivity index (χ3n) is 1.76. The zero-order chi connectivity index (χ0) is 10.7. The molecule has 0 aliphatic heterocycles. The lowest BCUT2D eigenvalue weighted by Crippen LogP contribution is -2.13. The summed E-state index contributed by atoms with van der Waals surface area (Å²) in [6, 6.07) is 5.57. The van der Waals surface area contributed by atoms with Crippen molar-refractivity contribution in [3.63, 3.8) is 0 Å². The smallest absolute Gasteiger partial charge is 0.189 e. The molecular formula is C9H9ClN4OS. The van der Waals surface area contributed by atoms with Crippen molar-refractivity contribution in [3.8, 4) is 10.7 Å². The fourth-order valence-corrected chi connectivity index (χ4v) is 1.84. The van der Waals surface area contributed by atoms with Crippen LogP contribution in [0.5, 0.6) is 0 Å². The van der Waals surface area contributed by atoms with Crippen molar-refractivity contribution in [2.24, 2.45) is 10.9 Å². The van der Waals surface area contributed by atoms with Gasteiger partial charge in [-0.15, -0.1) is 23.7 Å². The number of oxime groups is 1. The summed E-state index contributed by atoms with van der Waals surface area (Å²) in [6.45, 7) is 0. The lowest BCUT2D eigenvalue weighted by molar-refractivity contribution is 0.318. The van der Waals surface area contributed by atoms with Crippen LogP contribution in [-0.2, 0) is 0 Å². The summed E-state index contributed by atoms with van der Waals surface area (Å²) in [5.41, 5.74) is 6.65. The molecule has 0 aromatic carbocycles. The Kier molecular flexibility index (Phi) is 4.21. The Labute approximate surface area is 102 Å². The van der Waals surface area contributed by atoms with E-state index in [1.165, 1.54) is 11.3 Å². The summed E-state index contributed by atoms with van der Waals surface area (Å²) in [4.78, 5) is 8.34. The quantitative estimate of drug-likeness (QED) is 0.371. The molecule has 2 aromatic rings. The van der Waals surface area contributed by atoms with Crippen LogP contribution < -0.4 is 5.73 Å². The maximum Gasteiger partial charge on any atom is 0.189 e. The van der Waals surface area contributed by atoms with Gasteiger partial charge in [0, 0.05) is 11.6 Å². The van der Waals surface area contributed by atoms with Crippen LogP contribution >= 0.6 is 23.7 Å². The zero-order valence-corrected chi connectivity index (χ0v) is 9.70. The molecule has 84 valence electrons. The van der Waals surface area contributed by atoms with Crippen LogP contribution in [0.4, 0.5) is 0 Å². The molecule has 0 bridgehead atoms. The second-order valence-electron chi connectivity index (χ2n) is 2.74. The number of aromatic nitrogens is 2. The summed E-state index contributed by atoms with van der Waals surface area (Å²) >= 11 is 1.40. The molecule has 16 heavy (non-hydrogen) atoms. The molecule has 0 amide bonds. The van der Waals surface area contributed by atoms with Gasteiger partial charge >= 0.3 is 0 Å². The minimum absolute atomic E-state index is 0. The number of pyridine rings is 1. The molecular weight excluding hydrogens is 248 g/mol. The van der Waals surface area contributed by atoms with Crippen LogP contribution in [0.3, 0.4) is 0 Å². The zero-order valence-electron chi connectivity index (χ0n) is 8.07. The van der Waals surface area contributed by atoms with Crippen LogP contribution in [0.2, 0.25) is 0 Å². The predicted octanol–water partition coefficient (Wildman–Crippen LogP) is 1.72. The highest BCUT2D eigenvalue weighted by molar-refractivity contribution is 7.13. The standard InChI is InChI=1S/C9H8N4OS.ClH/c10-8(13-14)7-5-15-9(12-7)6-3-1-2-4-11-6;/h1-5,14H,(H2,10,13);1H. The van der Waals surface area contributed by atoms with E-state index in [1.54, 1.807) is 11.6 Å². The second-order valence-corrected chi connectivity index (χ2v) is 3.60. The van der Waals surface area contributed by atoms with Crippen molar-refractivity contribution in [2.75, 3.05) is 0 Å². The molecule has 0 spiro atoms. The topological polar surface area (TPSA) is 84.4 Å². The summed E-state index contributed by atoms with van der Waals surface area (Å²) in [5, 5.41) is 13.8. The molecule has 5 nitrogen and oxygen atoms in total. The Morgan fingerprint density at radius 2 is 2.25 bits per heavy atom. The van der Waals surface area contributed by atoms with Crippen LogP contribution in [0.1, 0.15) is 5.69 Å². The highest BCUT2D eigenvalue weighted by atomic mass is 35.5. The number of nitrogens with two attached hydrogens (primary N) is 1. The largest absolute Gasteiger partial charge is 0.409 e. The van der Waals surface area contributed by atoms with Crippen molar-refractivity contribution in [1.29, 1.82) is 0 Å². The first kappa shape index (κ1) is 12.4. The molecule has 0 aliphatic rings. The number of rotatable bonds is 2. The van der Waals surface area contributed by atoms with Gasteiger partial charge in [-0.2, -0.15) is 0 Å². The maximum absolute atomic E-state index is 8.48. The van der Waals surface area contributed by atoms with E-state index in [4.69, 9.17) is 10.9 Å². The fraction of sp³-hybridized carbons (Fsp3) is 0. The van der Waals surface area contributed by atoms with E-state index in [1.807, 2.05) is 18.2 Å². The van der Waals surface area contributed by atoms with Crippen LogP contribution in [-0.4, -0.2) is 21.0 Å². The fourth-order valence-electron chi connectivity index (χ4n) is 1.05. The maximum atomic E-state index is 8.48. The molecule has 0 unspecified atom stereocenters. The van der Waals surface area contributed by atoms with E-state index in [0.717, 1.165) is 10.7 Å². The third kappa shape index (κ3) is 2.47.